The average molecular weight is 274 g/mol. The van der Waals surface area contributed by atoms with Crippen molar-refractivity contribution in [1.82, 2.24) is 0 Å². The molecule has 0 saturated carbocycles. The highest BCUT2D eigenvalue weighted by Gasteiger charge is 2.11. The van der Waals surface area contributed by atoms with Crippen LogP contribution in [0.5, 0.6) is 5.75 Å². The minimum atomic E-state index is -0.964. The normalized spacial score (nSPS) is 10.5. The molecule has 0 radical (unpaired) electrons. The van der Waals surface area contributed by atoms with E-state index in [1.165, 1.54) is 6.07 Å². The molecule has 0 fully saturated rings. The fraction of sp³-hybridized carbons (Fsp3) is 0.188. The van der Waals surface area contributed by atoms with Crippen molar-refractivity contribution in [1.29, 1.82) is 0 Å². The molecule has 2 rings (SSSR count). The molecule has 2 N–H and O–H groups in total. The van der Waals surface area contributed by atoms with Crippen molar-refractivity contribution in [3.63, 3.8) is 0 Å². The Bertz CT molecular complexity index is 630. The standard InChI is InChI=1S/C16H15FO3/c1-10-3-2-4-14(18)16(10)12-5-7-13(17)11(9-12)6-8-15(19)20/h2-5,7,9,18H,6,8H2,1H3,(H,19,20). The fourth-order valence-corrected chi connectivity index (χ4v) is 2.19. The summed E-state index contributed by atoms with van der Waals surface area (Å²) in [4.78, 5) is 10.6. The van der Waals surface area contributed by atoms with E-state index in [2.05, 4.69) is 0 Å². The predicted molar refractivity (Wildman–Crippen MR) is 74.2 cm³/mol. The molecule has 0 bridgehead atoms. The zero-order valence-corrected chi connectivity index (χ0v) is 11.1. The average Bonchev–Trinajstić information content (AvgIpc) is 2.38. The number of carboxylic acids is 1. The second kappa shape index (κ2) is 5.74. The number of phenolic OH excluding ortho intramolecular Hbond substituents is 1. The number of aromatic hydroxyl groups is 1. The summed E-state index contributed by atoms with van der Waals surface area (Å²) in [5, 5.41) is 18.6. The molecule has 0 aliphatic heterocycles. The minimum absolute atomic E-state index is 0.125. The molecule has 104 valence electrons. The summed E-state index contributed by atoms with van der Waals surface area (Å²) < 4.78 is 13.7. The Balaban J connectivity index is 2.43. The van der Waals surface area contributed by atoms with E-state index in [0.717, 1.165) is 5.56 Å². The first-order valence-corrected chi connectivity index (χ1v) is 6.28. The zero-order chi connectivity index (χ0) is 14.7. The van der Waals surface area contributed by atoms with Gasteiger partial charge in [0, 0.05) is 12.0 Å². The third-order valence-electron chi connectivity index (χ3n) is 3.19. The molecule has 3 nitrogen and oxygen atoms in total. The van der Waals surface area contributed by atoms with Crippen molar-refractivity contribution in [3.05, 3.63) is 53.3 Å². The van der Waals surface area contributed by atoms with Gasteiger partial charge in [0.1, 0.15) is 11.6 Å². The molecule has 0 atom stereocenters. The molecule has 0 aliphatic carbocycles. The predicted octanol–water partition coefficient (Wildman–Crippen LogP) is 3.52. The lowest BCUT2D eigenvalue weighted by molar-refractivity contribution is -0.136. The molecule has 0 aromatic heterocycles. The van der Waals surface area contributed by atoms with E-state index in [4.69, 9.17) is 5.11 Å². The second-order valence-electron chi connectivity index (χ2n) is 4.67. The first-order valence-electron chi connectivity index (χ1n) is 6.28. The van der Waals surface area contributed by atoms with Crippen LogP contribution in [0.1, 0.15) is 17.5 Å². The molecule has 4 heteroatoms. The fourth-order valence-electron chi connectivity index (χ4n) is 2.19. The molecule has 0 amide bonds. The molecule has 20 heavy (non-hydrogen) atoms. The van der Waals surface area contributed by atoms with Crippen molar-refractivity contribution in [2.24, 2.45) is 0 Å². The van der Waals surface area contributed by atoms with Gasteiger partial charge < -0.3 is 10.2 Å². The Kier molecular flexibility index (Phi) is 4.03. The van der Waals surface area contributed by atoms with Crippen molar-refractivity contribution in [2.75, 3.05) is 0 Å². The maximum absolute atomic E-state index is 13.7. The summed E-state index contributed by atoms with van der Waals surface area (Å²) in [5.74, 6) is -1.27. The number of carbonyl (C=O) groups is 1. The van der Waals surface area contributed by atoms with Gasteiger partial charge in [-0.2, -0.15) is 0 Å². The van der Waals surface area contributed by atoms with Crippen LogP contribution in [0.3, 0.4) is 0 Å². The van der Waals surface area contributed by atoms with Crippen LogP contribution < -0.4 is 0 Å². The van der Waals surface area contributed by atoms with Crippen LogP contribution >= 0.6 is 0 Å². The van der Waals surface area contributed by atoms with Crippen LogP contribution in [0.25, 0.3) is 11.1 Å². The minimum Gasteiger partial charge on any atom is -0.507 e. The second-order valence-corrected chi connectivity index (χ2v) is 4.67. The number of halogens is 1. The Morgan fingerprint density at radius 2 is 2.00 bits per heavy atom. The molecule has 0 saturated heterocycles. The smallest absolute Gasteiger partial charge is 0.303 e. The van der Waals surface area contributed by atoms with Crippen molar-refractivity contribution in [3.8, 4) is 16.9 Å². The first kappa shape index (κ1) is 14.1. The van der Waals surface area contributed by atoms with Gasteiger partial charge in [-0.15, -0.1) is 0 Å². The summed E-state index contributed by atoms with van der Waals surface area (Å²) in [5.41, 5.74) is 2.54. The number of hydrogen-bond acceptors (Lipinski definition) is 2. The number of hydrogen-bond donors (Lipinski definition) is 2. The highest BCUT2D eigenvalue weighted by atomic mass is 19.1. The topological polar surface area (TPSA) is 57.5 Å². The first-order chi connectivity index (χ1) is 9.49. The van der Waals surface area contributed by atoms with E-state index in [1.54, 1.807) is 24.3 Å². The molecular weight excluding hydrogens is 259 g/mol. The van der Waals surface area contributed by atoms with Crippen LogP contribution in [0.15, 0.2) is 36.4 Å². The number of carboxylic acid groups (broad SMARTS) is 1. The van der Waals surface area contributed by atoms with Gasteiger partial charge in [-0.3, -0.25) is 4.79 Å². The van der Waals surface area contributed by atoms with Gasteiger partial charge in [-0.25, -0.2) is 4.39 Å². The number of phenols is 1. The number of aliphatic carboxylic acids is 1. The Hall–Kier alpha value is -2.36. The molecule has 2 aromatic carbocycles. The monoisotopic (exact) mass is 274 g/mol. The largest absolute Gasteiger partial charge is 0.507 e. The van der Waals surface area contributed by atoms with Crippen LogP contribution in [0.4, 0.5) is 4.39 Å². The number of rotatable bonds is 4. The third-order valence-corrected chi connectivity index (χ3v) is 3.19. The summed E-state index contributed by atoms with van der Waals surface area (Å²) in [6.07, 6.45) is 0.00176. The van der Waals surface area contributed by atoms with E-state index in [1.807, 2.05) is 13.0 Å². The van der Waals surface area contributed by atoms with E-state index in [0.29, 0.717) is 16.7 Å². The van der Waals surface area contributed by atoms with E-state index >= 15 is 0 Å². The van der Waals surface area contributed by atoms with Gasteiger partial charge in [0.05, 0.1) is 0 Å². The quantitative estimate of drug-likeness (QED) is 0.896. The Labute approximate surface area is 116 Å². The highest BCUT2D eigenvalue weighted by Crippen LogP contribution is 2.33. The number of aryl methyl sites for hydroxylation is 2. The molecule has 0 aliphatic rings. The van der Waals surface area contributed by atoms with Gasteiger partial charge in [0.25, 0.3) is 0 Å². The third kappa shape index (κ3) is 2.96. The molecule has 0 spiro atoms. The summed E-state index contributed by atoms with van der Waals surface area (Å²) in [6, 6.07) is 9.65. The summed E-state index contributed by atoms with van der Waals surface area (Å²) in [6.45, 7) is 1.86. The van der Waals surface area contributed by atoms with Gasteiger partial charge in [0.2, 0.25) is 0 Å². The van der Waals surface area contributed by atoms with Crippen LogP contribution in [-0.4, -0.2) is 16.2 Å². The van der Waals surface area contributed by atoms with E-state index < -0.39 is 11.8 Å². The Morgan fingerprint density at radius 1 is 1.25 bits per heavy atom. The van der Waals surface area contributed by atoms with E-state index in [-0.39, 0.29) is 18.6 Å². The van der Waals surface area contributed by atoms with E-state index in [9.17, 15) is 14.3 Å². The lowest BCUT2D eigenvalue weighted by Gasteiger charge is -2.10. The maximum Gasteiger partial charge on any atom is 0.303 e. The highest BCUT2D eigenvalue weighted by molar-refractivity contribution is 5.74. The lowest BCUT2D eigenvalue weighted by atomic mass is 9.96. The van der Waals surface area contributed by atoms with Gasteiger partial charge >= 0.3 is 5.97 Å². The Morgan fingerprint density at radius 3 is 2.65 bits per heavy atom. The van der Waals surface area contributed by atoms with Crippen molar-refractivity contribution in [2.45, 2.75) is 19.8 Å². The van der Waals surface area contributed by atoms with Gasteiger partial charge in [0.15, 0.2) is 0 Å². The molecule has 0 heterocycles. The summed E-state index contributed by atoms with van der Waals surface area (Å²) in [7, 11) is 0. The molecule has 0 unspecified atom stereocenters. The van der Waals surface area contributed by atoms with Crippen molar-refractivity contribution >= 4 is 5.97 Å². The lowest BCUT2D eigenvalue weighted by Crippen LogP contribution is -2.00. The number of benzene rings is 2. The van der Waals surface area contributed by atoms with Gasteiger partial charge in [-0.05, 0) is 48.2 Å². The van der Waals surface area contributed by atoms with Crippen LogP contribution in [-0.2, 0) is 11.2 Å². The maximum atomic E-state index is 13.7. The van der Waals surface area contributed by atoms with Crippen LogP contribution in [0.2, 0.25) is 0 Å². The SMILES string of the molecule is Cc1cccc(O)c1-c1ccc(F)c(CCC(=O)O)c1. The molecular formula is C16H15FO3. The van der Waals surface area contributed by atoms with Crippen LogP contribution in [0, 0.1) is 12.7 Å². The van der Waals surface area contributed by atoms with Crippen molar-refractivity contribution < 1.29 is 19.4 Å². The zero-order valence-electron chi connectivity index (χ0n) is 11.1. The van der Waals surface area contributed by atoms with Gasteiger partial charge in [-0.1, -0.05) is 18.2 Å². The summed E-state index contributed by atoms with van der Waals surface area (Å²) >= 11 is 0. The molecule has 2 aromatic rings.